The molecule has 2 nitrogen and oxygen atoms in total. The first-order chi connectivity index (χ1) is 14.9. The van der Waals surface area contributed by atoms with Crippen LogP contribution in [-0.4, -0.2) is 5.97 Å². The van der Waals surface area contributed by atoms with Crippen molar-refractivity contribution in [2.24, 2.45) is 17.8 Å². The molecule has 4 rings (SSSR count). The zero-order valence-electron chi connectivity index (χ0n) is 18.2. The van der Waals surface area contributed by atoms with E-state index in [0.717, 1.165) is 49.8 Å². The predicted molar refractivity (Wildman–Crippen MR) is 118 cm³/mol. The quantitative estimate of drug-likeness (QED) is 0.291. The number of carbonyl (C=O) groups excluding carboxylic acids is 1. The Morgan fingerprint density at radius 3 is 2.29 bits per heavy atom. The van der Waals surface area contributed by atoms with E-state index in [-0.39, 0.29) is 17.0 Å². The third-order valence-electron chi connectivity index (χ3n) is 7.07. The zero-order valence-corrected chi connectivity index (χ0v) is 18.2. The Morgan fingerprint density at radius 2 is 1.61 bits per heavy atom. The molecule has 2 fully saturated rings. The van der Waals surface area contributed by atoms with Crippen LogP contribution in [0.4, 0.5) is 8.78 Å². The largest absolute Gasteiger partial charge is 0.423 e. The van der Waals surface area contributed by atoms with Gasteiger partial charge in [0.15, 0.2) is 0 Å². The highest BCUT2D eigenvalue weighted by Crippen LogP contribution is 2.48. The van der Waals surface area contributed by atoms with E-state index in [4.69, 9.17) is 4.74 Å². The summed E-state index contributed by atoms with van der Waals surface area (Å²) in [5.41, 5.74) is 1.08. The second-order valence-electron chi connectivity index (χ2n) is 9.19. The molecule has 0 N–H and O–H groups in total. The SMILES string of the molecule is C/C=C/C1CCC2CC(c3c(F)cc(C(=O)Oc4ccc(C)cc4)cc3F)CCC2C1. The van der Waals surface area contributed by atoms with Crippen molar-refractivity contribution < 1.29 is 18.3 Å². The van der Waals surface area contributed by atoms with E-state index < -0.39 is 17.6 Å². The lowest BCUT2D eigenvalue weighted by Crippen LogP contribution is -2.30. The average Bonchev–Trinajstić information content (AvgIpc) is 2.75. The number of ether oxygens (including phenoxy) is 1. The van der Waals surface area contributed by atoms with Gasteiger partial charge in [0.1, 0.15) is 17.4 Å². The molecular formula is C27H30F2O2. The average molecular weight is 425 g/mol. The molecule has 164 valence electrons. The van der Waals surface area contributed by atoms with Crippen molar-refractivity contribution in [3.8, 4) is 5.75 Å². The van der Waals surface area contributed by atoms with Crippen LogP contribution >= 0.6 is 0 Å². The van der Waals surface area contributed by atoms with E-state index in [9.17, 15) is 13.6 Å². The Bertz CT molecular complexity index is 941. The number of rotatable bonds is 4. The van der Waals surface area contributed by atoms with Gasteiger partial charge < -0.3 is 4.74 Å². The first-order valence-corrected chi connectivity index (χ1v) is 11.3. The lowest BCUT2D eigenvalue weighted by Gasteiger charge is -2.42. The smallest absolute Gasteiger partial charge is 0.343 e. The molecule has 0 heterocycles. The molecule has 0 aromatic heterocycles. The van der Waals surface area contributed by atoms with E-state index >= 15 is 0 Å². The van der Waals surface area contributed by atoms with Crippen molar-refractivity contribution in [1.82, 2.24) is 0 Å². The van der Waals surface area contributed by atoms with Gasteiger partial charge >= 0.3 is 5.97 Å². The van der Waals surface area contributed by atoms with Crippen molar-refractivity contribution in [2.45, 2.75) is 58.3 Å². The van der Waals surface area contributed by atoms with E-state index in [1.165, 1.54) is 6.42 Å². The van der Waals surface area contributed by atoms with Gasteiger partial charge in [-0.05, 0) is 100 Å². The van der Waals surface area contributed by atoms with Gasteiger partial charge in [-0.25, -0.2) is 13.6 Å². The second kappa shape index (κ2) is 9.33. The predicted octanol–water partition coefficient (Wildman–Crippen LogP) is 7.37. The van der Waals surface area contributed by atoms with Gasteiger partial charge in [0, 0.05) is 5.56 Å². The summed E-state index contributed by atoms with van der Waals surface area (Å²) in [5, 5.41) is 0. The Kier molecular flexibility index (Phi) is 6.54. The van der Waals surface area contributed by atoms with Crippen LogP contribution < -0.4 is 4.74 Å². The maximum Gasteiger partial charge on any atom is 0.343 e. The molecule has 4 heteroatoms. The summed E-state index contributed by atoms with van der Waals surface area (Å²) >= 11 is 0. The fraction of sp³-hybridized carbons (Fsp3) is 0.444. The third-order valence-corrected chi connectivity index (χ3v) is 7.07. The molecule has 0 aliphatic heterocycles. The van der Waals surface area contributed by atoms with Crippen LogP contribution in [0.1, 0.15) is 72.9 Å². The minimum atomic E-state index is -0.751. The van der Waals surface area contributed by atoms with Crippen molar-refractivity contribution in [2.75, 3.05) is 0 Å². The van der Waals surface area contributed by atoms with Gasteiger partial charge in [0.05, 0.1) is 5.56 Å². The van der Waals surface area contributed by atoms with E-state index in [1.807, 2.05) is 19.1 Å². The van der Waals surface area contributed by atoms with E-state index in [2.05, 4.69) is 19.1 Å². The van der Waals surface area contributed by atoms with Crippen LogP contribution in [0.15, 0.2) is 48.6 Å². The Balaban J connectivity index is 1.46. The molecule has 2 aliphatic rings. The number of benzene rings is 2. The lowest BCUT2D eigenvalue weighted by molar-refractivity contribution is 0.0733. The molecule has 4 atom stereocenters. The van der Waals surface area contributed by atoms with Gasteiger partial charge in [-0.1, -0.05) is 29.8 Å². The number of hydrogen-bond acceptors (Lipinski definition) is 2. The summed E-state index contributed by atoms with van der Waals surface area (Å²) in [6.07, 6.45) is 10.5. The standard InChI is InChI=1S/C27H30F2O2/c1-3-4-18-7-8-20-14-21(10-9-19(20)13-18)26-24(28)15-22(16-25(26)29)27(30)31-23-11-5-17(2)6-12-23/h3-6,11-12,15-16,18-21H,7-10,13-14H2,1-2H3/b4-3+. The fourth-order valence-electron chi connectivity index (χ4n) is 5.50. The van der Waals surface area contributed by atoms with Crippen LogP contribution in [0.3, 0.4) is 0 Å². The number of fused-ring (bicyclic) bond motifs is 1. The Morgan fingerprint density at radius 1 is 0.968 bits per heavy atom. The molecule has 0 radical (unpaired) electrons. The zero-order chi connectivity index (χ0) is 22.0. The normalized spacial score (nSPS) is 25.9. The van der Waals surface area contributed by atoms with Gasteiger partial charge in [-0.2, -0.15) is 0 Å². The van der Waals surface area contributed by atoms with Gasteiger partial charge in [-0.3, -0.25) is 0 Å². The first kappa shape index (κ1) is 21.7. The monoisotopic (exact) mass is 424 g/mol. The summed E-state index contributed by atoms with van der Waals surface area (Å²) < 4.78 is 35.2. The number of hydrogen-bond donors (Lipinski definition) is 0. The number of halogens is 2. The molecule has 31 heavy (non-hydrogen) atoms. The van der Waals surface area contributed by atoms with Crippen LogP contribution in [0.2, 0.25) is 0 Å². The number of esters is 1. The van der Waals surface area contributed by atoms with Gasteiger partial charge in [-0.15, -0.1) is 0 Å². The third kappa shape index (κ3) is 4.89. The van der Waals surface area contributed by atoms with E-state index in [0.29, 0.717) is 23.5 Å². The fourth-order valence-corrected chi connectivity index (χ4v) is 5.50. The van der Waals surface area contributed by atoms with Crippen LogP contribution in [0, 0.1) is 36.3 Å². The maximum atomic E-state index is 15.0. The molecule has 0 spiro atoms. The molecular weight excluding hydrogens is 394 g/mol. The number of allylic oxidation sites excluding steroid dienone is 2. The topological polar surface area (TPSA) is 26.3 Å². The van der Waals surface area contributed by atoms with Gasteiger partial charge in [0.2, 0.25) is 0 Å². The number of aryl methyl sites for hydroxylation is 1. The highest BCUT2D eigenvalue weighted by molar-refractivity contribution is 5.91. The van der Waals surface area contributed by atoms with Crippen molar-refractivity contribution >= 4 is 5.97 Å². The molecule has 4 unspecified atom stereocenters. The molecule has 0 saturated heterocycles. The first-order valence-electron chi connectivity index (χ1n) is 11.3. The Hall–Kier alpha value is -2.49. The molecule has 2 saturated carbocycles. The summed E-state index contributed by atoms with van der Waals surface area (Å²) in [6.45, 7) is 3.99. The highest BCUT2D eigenvalue weighted by Gasteiger charge is 2.37. The minimum absolute atomic E-state index is 0.0973. The molecule has 2 aromatic carbocycles. The van der Waals surface area contributed by atoms with Crippen LogP contribution in [0.5, 0.6) is 5.75 Å². The van der Waals surface area contributed by atoms with Crippen LogP contribution in [-0.2, 0) is 0 Å². The molecule has 0 amide bonds. The maximum absolute atomic E-state index is 15.0. The highest BCUT2D eigenvalue weighted by atomic mass is 19.1. The van der Waals surface area contributed by atoms with E-state index in [1.54, 1.807) is 12.1 Å². The number of carbonyl (C=O) groups is 1. The Labute approximate surface area is 183 Å². The van der Waals surface area contributed by atoms with Crippen molar-refractivity contribution in [3.63, 3.8) is 0 Å². The molecule has 2 aliphatic carbocycles. The van der Waals surface area contributed by atoms with Crippen molar-refractivity contribution in [3.05, 3.63) is 76.9 Å². The van der Waals surface area contributed by atoms with Crippen LogP contribution in [0.25, 0.3) is 0 Å². The van der Waals surface area contributed by atoms with Crippen molar-refractivity contribution in [1.29, 1.82) is 0 Å². The summed E-state index contributed by atoms with van der Waals surface area (Å²) in [6, 6.07) is 9.22. The lowest BCUT2D eigenvalue weighted by atomic mass is 9.63. The van der Waals surface area contributed by atoms with Gasteiger partial charge in [0.25, 0.3) is 0 Å². The second-order valence-corrected chi connectivity index (χ2v) is 9.19. The summed E-state index contributed by atoms with van der Waals surface area (Å²) in [7, 11) is 0. The summed E-state index contributed by atoms with van der Waals surface area (Å²) in [5.74, 6) is 0.0402. The molecule has 2 aromatic rings. The summed E-state index contributed by atoms with van der Waals surface area (Å²) in [4.78, 5) is 12.4. The minimum Gasteiger partial charge on any atom is -0.423 e. The molecule has 0 bridgehead atoms.